The summed E-state index contributed by atoms with van der Waals surface area (Å²) in [5.41, 5.74) is -0.0509. The summed E-state index contributed by atoms with van der Waals surface area (Å²) in [7, 11) is 0. The first-order valence-electron chi connectivity index (χ1n) is 6.72. The van der Waals surface area contributed by atoms with E-state index in [1.807, 2.05) is 0 Å². The molecule has 2 saturated heterocycles. The Kier molecular flexibility index (Phi) is 5.71. The van der Waals surface area contributed by atoms with Gasteiger partial charge in [-0.05, 0) is 52.5 Å². The first-order chi connectivity index (χ1) is 7.59. The van der Waals surface area contributed by atoms with Crippen molar-refractivity contribution in [2.24, 2.45) is 5.92 Å². The second kappa shape index (κ2) is 6.37. The van der Waals surface area contributed by atoms with E-state index in [2.05, 4.69) is 31.0 Å². The van der Waals surface area contributed by atoms with Gasteiger partial charge >= 0.3 is 0 Å². The maximum atomic E-state index is 5.81. The smallest absolute Gasteiger partial charge is 0.116 e. The van der Waals surface area contributed by atoms with E-state index in [0.29, 0.717) is 6.04 Å². The van der Waals surface area contributed by atoms with Crippen molar-refractivity contribution in [2.45, 2.75) is 51.8 Å². The normalized spacial score (nSPS) is 34.9. The fourth-order valence-electron chi connectivity index (χ4n) is 3.06. The number of likely N-dealkylation sites (tertiary alicyclic amines) is 1. The van der Waals surface area contributed by atoms with Crippen LogP contribution in [0.15, 0.2) is 0 Å². The molecule has 3 nitrogen and oxygen atoms in total. The van der Waals surface area contributed by atoms with Gasteiger partial charge in [0.15, 0.2) is 0 Å². The molecular formula is C13H27ClN2O. The van der Waals surface area contributed by atoms with Gasteiger partial charge < -0.3 is 9.64 Å². The largest absolute Gasteiger partial charge is 0.360 e. The highest BCUT2D eigenvalue weighted by molar-refractivity contribution is 5.85. The standard InChI is InChI=1S/C13H26N2O.ClH/c1-11(2)15-7-4-5-12(10-15)9-13(3)14-6-8-16-13;/h11-12,14H,4-10H2,1-3H3;1H. The molecular weight excluding hydrogens is 236 g/mol. The van der Waals surface area contributed by atoms with E-state index >= 15 is 0 Å². The number of piperidine rings is 1. The number of hydrogen-bond acceptors (Lipinski definition) is 3. The maximum absolute atomic E-state index is 5.81. The number of nitrogens with zero attached hydrogens (tertiary/aromatic N) is 1. The maximum Gasteiger partial charge on any atom is 0.116 e. The molecule has 0 aromatic carbocycles. The summed E-state index contributed by atoms with van der Waals surface area (Å²) in [5.74, 6) is 0.798. The Hall–Kier alpha value is 0.170. The number of halogens is 1. The van der Waals surface area contributed by atoms with Crippen molar-refractivity contribution in [1.82, 2.24) is 10.2 Å². The molecule has 1 N–H and O–H groups in total. The van der Waals surface area contributed by atoms with Gasteiger partial charge in [-0.2, -0.15) is 0 Å². The minimum atomic E-state index is -0.0509. The lowest BCUT2D eigenvalue weighted by atomic mass is 9.89. The second-order valence-electron chi connectivity index (χ2n) is 5.81. The van der Waals surface area contributed by atoms with Crippen LogP contribution >= 0.6 is 12.4 Å². The molecule has 0 aliphatic carbocycles. The SMILES string of the molecule is CC(C)N1CCCC(CC2(C)NCCO2)C1.Cl. The lowest BCUT2D eigenvalue weighted by Gasteiger charge is -2.38. The number of rotatable bonds is 3. The fraction of sp³-hybridized carbons (Fsp3) is 1.00. The zero-order valence-corrected chi connectivity index (χ0v) is 12.2. The molecule has 0 saturated carbocycles. The topological polar surface area (TPSA) is 24.5 Å². The lowest BCUT2D eigenvalue weighted by Crippen LogP contribution is -2.45. The van der Waals surface area contributed by atoms with Crippen LogP contribution in [0.25, 0.3) is 0 Å². The Morgan fingerprint density at radius 3 is 2.82 bits per heavy atom. The molecule has 2 aliphatic heterocycles. The molecule has 0 aromatic rings. The van der Waals surface area contributed by atoms with Crippen LogP contribution in [-0.4, -0.2) is 42.9 Å². The van der Waals surface area contributed by atoms with Crippen LogP contribution in [0.3, 0.4) is 0 Å². The molecule has 2 atom stereocenters. The van der Waals surface area contributed by atoms with Gasteiger partial charge in [-0.1, -0.05) is 0 Å². The molecule has 2 unspecified atom stereocenters. The van der Waals surface area contributed by atoms with Crippen molar-refractivity contribution >= 4 is 12.4 Å². The Morgan fingerprint density at radius 2 is 2.24 bits per heavy atom. The second-order valence-corrected chi connectivity index (χ2v) is 5.81. The van der Waals surface area contributed by atoms with Crippen LogP contribution in [0.1, 0.15) is 40.0 Å². The van der Waals surface area contributed by atoms with Gasteiger partial charge in [-0.15, -0.1) is 12.4 Å². The highest BCUT2D eigenvalue weighted by atomic mass is 35.5. The zero-order chi connectivity index (χ0) is 11.6. The van der Waals surface area contributed by atoms with Crippen molar-refractivity contribution in [3.8, 4) is 0 Å². The molecule has 2 heterocycles. The van der Waals surface area contributed by atoms with E-state index in [0.717, 1.165) is 25.5 Å². The predicted octanol–water partition coefficient (Wildman–Crippen LogP) is 2.25. The Balaban J connectivity index is 0.00000144. The Morgan fingerprint density at radius 1 is 1.47 bits per heavy atom. The molecule has 2 fully saturated rings. The summed E-state index contributed by atoms with van der Waals surface area (Å²) in [6.07, 6.45) is 3.87. The van der Waals surface area contributed by atoms with Gasteiger partial charge in [-0.3, -0.25) is 5.32 Å². The average molecular weight is 263 g/mol. The van der Waals surface area contributed by atoms with Gasteiger partial charge in [0.25, 0.3) is 0 Å². The summed E-state index contributed by atoms with van der Waals surface area (Å²) in [6.45, 7) is 11.2. The third-order valence-corrected chi connectivity index (χ3v) is 3.98. The molecule has 0 radical (unpaired) electrons. The van der Waals surface area contributed by atoms with E-state index in [-0.39, 0.29) is 18.1 Å². The molecule has 0 amide bonds. The van der Waals surface area contributed by atoms with Gasteiger partial charge in [-0.25, -0.2) is 0 Å². The van der Waals surface area contributed by atoms with Crippen LogP contribution in [0.2, 0.25) is 0 Å². The van der Waals surface area contributed by atoms with E-state index in [1.165, 1.54) is 25.9 Å². The highest BCUT2D eigenvalue weighted by Gasteiger charge is 2.34. The van der Waals surface area contributed by atoms with Crippen molar-refractivity contribution in [2.75, 3.05) is 26.2 Å². The summed E-state index contributed by atoms with van der Waals surface area (Å²) < 4.78 is 5.81. The highest BCUT2D eigenvalue weighted by Crippen LogP contribution is 2.28. The lowest BCUT2D eigenvalue weighted by molar-refractivity contribution is -0.0244. The van der Waals surface area contributed by atoms with Crippen LogP contribution in [0.4, 0.5) is 0 Å². The molecule has 102 valence electrons. The zero-order valence-electron chi connectivity index (χ0n) is 11.4. The van der Waals surface area contributed by atoms with E-state index in [9.17, 15) is 0 Å². The molecule has 0 spiro atoms. The monoisotopic (exact) mass is 262 g/mol. The Bertz CT molecular complexity index is 229. The number of nitrogens with one attached hydrogen (secondary N) is 1. The first kappa shape index (κ1) is 15.2. The summed E-state index contributed by atoms with van der Waals surface area (Å²) in [5, 5.41) is 3.48. The molecule has 17 heavy (non-hydrogen) atoms. The number of ether oxygens (including phenoxy) is 1. The summed E-state index contributed by atoms with van der Waals surface area (Å²) in [6, 6.07) is 0.688. The van der Waals surface area contributed by atoms with Crippen molar-refractivity contribution in [3.63, 3.8) is 0 Å². The Labute approximate surface area is 112 Å². The van der Waals surface area contributed by atoms with Gasteiger partial charge in [0.1, 0.15) is 5.72 Å². The third kappa shape index (κ3) is 4.09. The van der Waals surface area contributed by atoms with Crippen LogP contribution in [0.5, 0.6) is 0 Å². The van der Waals surface area contributed by atoms with Crippen molar-refractivity contribution < 1.29 is 4.74 Å². The molecule has 0 aromatic heterocycles. The third-order valence-electron chi connectivity index (χ3n) is 3.98. The minimum absolute atomic E-state index is 0. The van der Waals surface area contributed by atoms with E-state index in [1.54, 1.807) is 0 Å². The average Bonchev–Trinajstić information content (AvgIpc) is 2.65. The molecule has 2 rings (SSSR count). The van der Waals surface area contributed by atoms with E-state index < -0.39 is 0 Å². The molecule has 2 aliphatic rings. The quantitative estimate of drug-likeness (QED) is 0.845. The van der Waals surface area contributed by atoms with Crippen LogP contribution < -0.4 is 5.32 Å². The van der Waals surface area contributed by atoms with E-state index in [4.69, 9.17) is 4.74 Å². The molecule has 4 heteroatoms. The summed E-state index contributed by atoms with van der Waals surface area (Å²) >= 11 is 0. The van der Waals surface area contributed by atoms with Crippen LogP contribution in [-0.2, 0) is 4.74 Å². The number of hydrogen-bond donors (Lipinski definition) is 1. The van der Waals surface area contributed by atoms with Gasteiger partial charge in [0.05, 0.1) is 6.61 Å². The van der Waals surface area contributed by atoms with Crippen molar-refractivity contribution in [3.05, 3.63) is 0 Å². The van der Waals surface area contributed by atoms with Crippen molar-refractivity contribution in [1.29, 1.82) is 0 Å². The van der Waals surface area contributed by atoms with Crippen LogP contribution in [0, 0.1) is 5.92 Å². The summed E-state index contributed by atoms with van der Waals surface area (Å²) in [4.78, 5) is 2.60. The first-order valence-corrected chi connectivity index (χ1v) is 6.72. The van der Waals surface area contributed by atoms with Gasteiger partial charge in [0.2, 0.25) is 0 Å². The predicted molar refractivity (Wildman–Crippen MR) is 73.7 cm³/mol. The van der Waals surface area contributed by atoms with Gasteiger partial charge in [0, 0.05) is 19.1 Å². The molecule has 0 bridgehead atoms. The minimum Gasteiger partial charge on any atom is -0.360 e. The fourth-order valence-corrected chi connectivity index (χ4v) is 3.06.